The van der Waals surface area contributed by atoms with Crippen LogP contribution in [0.1, 0.15) is 63.5 Å². The molecule has 1 fully saturated rings. The lowest BCUT2D eigenvalue weighted by Gasteiger charge is -2.28. The molecule has 1 heterocycles. The van der Waals surface area contributed by atoms with Gasteiger partial charge in [0.05, 0.1) is 6.04 Å². The summed E-state index contributed by atoms with van der Waals surface area (Å²) < 4.78 is 6.07. The fourth-order valence-corrected chi connectivity index (χ4v) is 2.81. The molecule has 0 bridgehead atoms. The lowest BCUT2D eigenvalue weighted by molar-refractivity contribution is 0.183. The molecule has 2 N–H and O–H groups in total. The van der Waals surface area contributed by atoms with Gasteiger partial charge in [-0.2, -0.15) is 0 Å². The van der Waals surface area contributed by atoms with Gasteiger partial charge in [0.25, 0.3) is 0 Å². The molecule has 0 spiro atoms. The topological polar surface area (TPSA) is 42.4 Å². The second-order valence-electron chi connectivity index (χ2n) is 5.79. The predicted molar refractivity (Wildman–Crippen MR) is 79.2 cm³/mol. The van der Waals surface area contributed by atoms with E-state index in [4.69, 9.17) is 10.2 Å². The Morgan fingerprint density at radius 2 is 2.16 bits per heavy atom. The maximum Gasteiger partial charge on any atom is 0.122 e. The van der Waals surface area contributed by atoms with Crippen molar-refractivity contribution in [3.8, 4) is 0 Å². The Balaban J connectivity index is 2.04. The minimum absolute atomic E-state index is 0.236. The number of furan rings is 1. The molecule has 0 amide bonds. The van der Waals surface area contributed by atoms with Crippen LogP contribution in [0.5, 0.6) is 0 Å². The zero-order chi connectivity index (χ0) is 13.8. The molecular weight excluding hydrogens is 236 g/mol. The first kappa shape index (κ1) is 14.6. The number of nitrogens with two attached hydrogens (primary N) is 1. The number of rotatable bonds is 8. The summed E-state index contributed by atoms with van der Waals surface area (Å²) in [6.45, 7) is 9.47. The van der Waals surface area contributed by atoms with Crippen LogP contribution in [0.3, 0.4) is 0 Å². The summed E-state index contributed by atoms with van der Waals surface area (Å²) in [5, 5.41) is 0. The second kappa shape index (κ2) is 6.58. The summed E-state index contributed by atoms with van der Waals surface area (Å²) in [6.07, 6.45) is 3.71. The van der Waals surface area contributed by atoms with Gasteiger partial charge in [0, 0.05) is 12.5 Å². The highest BCUT2D eigenvalue weighted by Crippen LogP contribution is 2.47. The normalized spacial score (nSPS) is 23.8. The standard InChI is InChI=1S/C16H28N2O/c1-4-6-9-18(5-2)14(11-17)16-8-7-15(19-16)13-10-12(13)3/h7-8,12-14H,4-6,9-11,17H2,1-3H3. The Morgan fingerprint density at radius 1 is 1.42 bits per heavy atom. The third-order valence-corrected chi connectivity index (χ3v) is 4.32. The molecule has 3 unspecified atom stereocenters. The van der Waals surface area contributed by atoms with Crippen molar-refractivity contribution in [1.29, 1.82) is 0 Å². The van der Waals surface area contributed by atoms with Gasteiger partial charge in [-0.25, -0.2) is 0 Å². The SMILES string of the molecule is CCCCN(CC)C(CN)c1ccc(C2CC2C)o1. The van der Waals surface area contributed by atoms with Gasteiger partial charge in [-0.1, -0.05) is 27.2 Å². The molecule has 0 aromatic carbocycles. The highest BCUT2D eigenvalue weighted by molar-refractivity contribution is 5.19. The van der Waals surface area contributed by atoms with Crippen molar-refractivity contribution in [3.05, 3.63) is 23.7 Å². The van der Waals surface area contributed by atoms with E-state index in [0.29, 0.717) is 12.5 Å². The number of hydrogen-bond acceptors (Lipinski definition) is 3. The molecule has 0 aliphatic heterocycles. The molecule has 3 nitrogen and oxygen atoms in total. The van der Waals surface area contributed by atoms with Crippen molar-refractivity contribution in [2.24, 2.45) is 11.7 Å². The molecule has 0 saturated heterocycles. The van der Waals surface area contributed by atoms with Gasteiger partial charge in [0.2, 0.25) is 0 Å². The van der Waals surface area contributed by atoms with E-state index in [1.54, 1.807) is 0 Å². The summed E-state index contributed by atoms with van der Waals surface area (Å²) in [5.41, 5.74) is 5.98. The molecule has 108 valence electrons. The van der Waals surface area contributed by atoms with E-state index in [-0.39, 0.29) is 6.04 Å². The molecule has 0 radical (unpaired) electrons. The van der Waals surface area contributed by atoms with Crippen LogP contribution < -0.4 is 5.73 Å². The van der Waals surface area contributed by atoms with E-state index in [1.807, 2.05) is 0 Å². The van der Waals surface area contributed by atoms with Gasteiger partial charge in [0.1, 0.15) is 11.5 Å². The molecule has 1 aliphatic rings. The maximum atomic E-state index is 6.07. The Labute approximate surface area is 117 Å². The van der Waals surface area contributed by atoms with Crippen molar-refractivity contribution in [2.75, 3.05) is 19.6 Å². The van der Waals surface area contributed by atoms with Gasteiger partial charge < -0.3 is 10.2 Å². The van der Waals surface area contributed by atoms with Gasteiger partial charge in [-0.05, 0) is 44.0 Å². The lowest BCUT2D eigenvalue weighted by atomic mass is 10.1. The van der Waals surface area contributed by atoms with Crippen LogP contribution in [-0.2, 0) is 0 Å². The second-order valence-corrected chi connectivity index (χ2v) is 5.79. The molecule has 1 saturated carbocycles. The summed E-state index contributed by atoms with van der Waals surface area (Å²) in [5.74, 6) is 3.65. The molecule has 3 heteroatoms. The minimum Gasteiger partial charge on any atom is -0.464 e. The summed E-state index contributed by atoms with van der Waals surface area (Å²) >= 11 is 0. The largest absolute Gasteiger partial charge is 0.464 e. The Hall–Kier alpha value is -0.800. The van der Waals surface area contributed by atoms with Crippen LogP contribution in [0.15, 0.2) is 16.5 Å². The number of nitrogens with zero attached hydrogens (tertiary/aromatic N) is 1. The molecular formula is C16H28N2O. The molecule has 19 heavy (non-hydrogen) atoms. The van der Waals surface area contributed by atoms with Gasteiger partial charge in [-0.3, -0.25) is 4.90 Å². The van der Waals surface area contributed by atoms with E-state index in [0.717, 1.165) is 30.5 Å². The van der Waals surface area contributed by atoms with Crippen LogP contribution in [-0.4, -0.2) is 24.5 Å². The maximum absolute atomic E-state index is 6.07. The lowest BCUT2D eigenvalue weighted by Crippen LogP contribution is -2.34. The van der Waals surface area contributed by atoms with Crippen LogP contribution in [0.25, 0.3) is 0 Å². The molecule has 2 rings (SSSR count). The summed E-state index contributed by atoms with van der Waals surface area (Å²) in [7, 11) is 0. The number of likely N-dealkylation sites (N-methyl/N-ethyl adjacent to an activating group) is 1. The van der Waals surface area contributed by atoms with Crippen molar-refractivity contribution in [3.63, 3.8) is 0 Å². The van der Waals surface area contributed by atoms with E-state index in [9.17, 15) is 0 Å². The first-order valence-corrected chi connectivity index (χ1v) is 7.74. The smallest absolute Gasteiger partial charge is 0.122 e. The predicted octanol–water partition coefficient (Wildman–Crippen LogP) is 3.52. The third-order valence-electron chi connectivity index (χ3n) is 4.32. The summed E-state index contributed by atoms with van der Waals surface area (Å²) in [6, 6.07) is 4.52. The molecule has 1 aromatic heterocycles. The number of unbranched alkanes of at least 4 members (excludes halogenated alkanes) is 1. The highest BCUT2D eigenvalue weighted by Gasteiger charge is 2.37. The quantitative estimate of drug-likeness (QED) is 0.781. The number of hydrogen-bond donors (Lipinski definition) is 1. The van der Waals surface area contributed by atoms with Gasteiger partial charge in [-0.15, -0.1) is 0 Å². The van der Waals surface area contributed by atoms with Crippen LogP contribution >= 0.6 is 0 Å². The van der Waals surface area contributed by atoms with Crippen LogP contribution in [0.4, 0.5) is 0 Å². The first-order valence-electron chi connectivity index (χ1n) is 7.74. The van der Waals surface area contributed by atoms with E-state index in [2.05, 4.69) is 37.8 Å². The zero-order valence-corrected chi connectivity index (χ0v) is 12.6. The van der Waals surface area contributed by atoms with Crippen molar-refractivity contribution in [1.82, 2.24) is 4.90 Å². The molecule has 1 aliphatic carbocycles. The average Bonchev–Trinajstić information content (AvgIpc) is 2.96. The van der Waals surface area contributed by atoms with Crippen molar-refractivity contribution < 1.29 is 4.42 Å². The average molecular weight is 264 g/mol. The Bertz CT molecular complexity index is 388. The fourth-order valence-electron chi connectivity index (χ4n) is 2.81. The van der Waals surface area contributed by atoms with Crippen LogP contribution in [0, 0.1) is 5.92 Å². The van der Waals surface area contributed by atoms with Crippen molar-refractivity contribution >= 4 is 0 Å². The van der Waals surface area contributed by atoms with E-state index in [1.165, 1.54) is 19.3 Å². The van der Waals surface area contributed by atoms with E-state index < -0.39 is 0 Å². The first-order chi connectivity index (χ1) is 9.21. The van der Waals surface area contributed by atoms with Gasteiger partial charge >= 0.3 is 0 Å². The highest BCUT2D eigenvalue weighted by atomic mass is 16.3. The summed E-state index contributed by atoms with van der Waals surface area (Å²) in [4.78, 5) is 2.43. The Kier molecular flexibility index (Phi) is 5.06. The third kappa shape index (κ3) is 3.40. The van der Waals surface area contributed by atoms with Gasteiger partial charge in [0.15, 0.2) is 0 Å². The van der Waals surface area contributed by atoms with E-state index >= 15 is 0 Å². The molecule has 3 atom stereocenters. The fraction of sp³-hybridized carbons (Fsp3) is 0.750. The van der Waals surface area contributed by atoms with Crippen LogP contribution in [0.2, 0.25) is 0 Å². The zero-order valence-electron chi connectivity index (χ0n) is 12.6. The monoisotopic (exact) mass is 264 g/mol. The molecule has 1 aromatic rings. The Morgan fingerprint density at radius 3 is 2.68 bits per heavy atom. The minimum atomic E-state index is 0.236. The van der Waals surface area contributed by atoms with Crippen molar-refractivity contribution in [2.45, 2.75) is 52.0 Å².